The van der Waals surface area contributed by atoms with Crippen LogP contribution >= 0.6 is 23.2 Å². The van der Waals surface area contributed by atoms with Crippen molar-refractivity contribution in [3.63, 3.8) is 0 Å². The van der Waals surface area contributed by atoms with Crippen LogP contribution in [0.1, 0.15) is 51.2 Å². The van der Waals surface area contributed by atoms with Crippen LogP contribution in [0.2, 0.25) is 10.0 Å². The van der Waals surface area contributed by atoms with Crippen LogP contribution < -0.4 is 14.4 Å². The number of rotatable bonds is 15. The number of sulfonamides is 1. The van der Waals surface area contributed by atoms with Crippen molar-refractivity contribution >= 4 is 50.7 Å². The van der Waals surface area contributed by atoms with Crippen LogP contribution in [0.3, 0.4) is 0 Å². The SMILES string of the molecule is CCCCNC(=O)[C@H](CC)N(Cc1ccc(Cl)c(Cl)c1)C(=O)CN(c1ccccc1OCC)S(=O)(=O)c1ccc(C)cc1. The van der Waals surface area contributed by atoms with E-state index in [0.29, 0.717) is 40.9 Å². The van der Waals surface area contributed by atoms with Crippen LogP contribution in [0.5, 0.6) is 5.75 Å². The molecule has 3 rings (SSSR count). The van der Waals surface area contributed by atoms with Crippen LogP contribution in [0.25, 0.3) is 0 Å². The number of benzene rings is 3. The molecule has 3 aromatic rings. The first-order valence-electron chi connectivity index (χ1n) is 14.4. The Balaban J connectivity index is 2.10. The summed E-state index contributed by atoms with van der Waals surface area (Å²) in [6.07, 6.45) is 2.00. The summed E-state index contributed by atoms with van der Waals surface area (Å²) >= 11 is 12.4. The highest BCUT2D eigenvalue weighted by Gasteiger charge is 2.34. The minimum Gasteiger partial charge on any atom is -0.492 e. The number of carbonyl (C=O) groups excluding carboxylic acids is 2. The fraction of sp³-hybridized carbons (Fsp3) is 0.375. The molecule has 8 nitrogen and oxygen atoms in total. The number of carbonyl (C=O) groups is 2. The van der Waals surface area contributed by atoms with Crippen LogP contribution in [-0.2, 0) is 26.2 Å². The Morgan fingerprint density at radius 1 is 0.953 bits per heavy atom. The quantitative estimate of drug-likeness (QED) is 0.187. The predicted molar refractivity (Wildman–Crippen MR) is 172 cm³/mol. The zero-order valence-corrected chi connectivity index (χ0v) is 27.3. The number of amides is 2. The van der Waals surface area contributed by atoms with Gasteiger partial charge in [0.05, 0.1) is 27.2 Å². The zero-order chi connectivity index (χ0) is 31.6. The highest BCUT2D eigenvalue weighted by Crippen LogP contribution is 2.33. The maximum atomic E-state index is 14.3. The van der Waals surface area contributed by atoms with Gasteiger partial charge in [-0.1, -0.05) is 79.4 Å². The van der Waals surface area contributed by atoms with Crippen LogP contribution in [0.15, 0.2) is 71.6 Å². The summed E-state index contributed by atoms with van der Waals surface area (Å²) in [4.78, 5) is 29.0. The number of unbranched alkanes of at least 4 members (excludes halogenated alkanes) is 1. The molecular formula is C32H39Cl2N3O5S. The highest BCUT2D eigenvalue weighted by molar-refractivity contribution is 7.92. The molecule has 1 N–H and O–H groups in total. The van der Waals surface area contributed by atoms with Gasteiger partial charge in [-0.25, -0.2) is 8.42 Å². The standard InChI is InChI=1S/C32H39Cl2N3O5S/c1-5-8-19-35-32(39)28(6-2)36(21-24-15-18-26(33)27(34)20-24)31(38)22-37(29-11-9-10-12-30(29)42-7-3)43(40,41)25-16-13-23(4)14-17-25/h9-18,20,28H,5-8,19,21-22H2,1-4H3,(H,35,39)/t28-/m0/s1. The molecule has 3 aromatic carbocycles. The number of aryl methyl sites for hydroxylation is 1. The molecule has 0 aliphatic carbocycles. The Labute approximate surface area is 265 Å². The fourth-order valence-electron chi connectivity index (χ4n) is 4.55. The maximum absolute atomic E-state index is 14.3. The molecule has 43 heavy (non-hydrogen) atoms. The van der Waals surface area contributed by atoms with E-state index in [2.05, 4.69) is 5.32 Å². The third-order valence-corrected chi connectivity index (χ3v) is 9.39. The van der Waals surface area contributed by atoms with E-state index in [9.17, 15) is 18.0 Å². The molecule has 0 saturated carbocycles. The van der Waals surface area contributed by atoms with Crippen molar-refractivity contribution in [3.05, 3.63) is 87.9 Å². The van der Waals surface area contributed by atoms with Crippen molar-refractivity contribution in [1.82, 2.24) is 10.2 Å². The van der Waals surface area contributed by atoms with Gasteiger partial charge in [0.2, 0.25) is 11.8 Å². The van der Waals surface area contributed by atoms with Gasteiger partial charge in [0.1, 0.15) is 18.3 Å². The summed E-state index contributed by atoms with van der Waals surface area (Å²) < 4.78 is 35.1. The first-order valence-corrected chi connectivity index (χ1v) is 16.5. The molecular weight excluding hydrogens is 609 g/mol. The van der Waals surface area contributed by atoms with E-state index in [1.165, 1.54) is 17.0 Å². The summed E-state index contributed by atoms with van der Waals surface area (Å²) in [6, 6.07) is 17.2. The molecule has 0 fully saturated rings. The number of ether oxygens (including phenoxy) is 1. The monoisotopic (exact) mass is 647 g/mol. The zero-order valence-electron chi connectivity index (χ0n) is 25.0. The average Bonchev–Trinajstić information content (AvgIpc) is 2.98. The van der Waals surface area contributed by atoms with Gasteiger partial charge >= 0.3 is 0 Å². The molecule has 0 unspecified atom stereocenters. The van der Waals surface area contributed by atoms with E-state index in [-0.39, 0.29) is 23.0 Å². The van der Waals surface area contributed by atoms with E-state index in [1.54, 1.807) is 61.5 Å². The van der Waals surface area contributed by atoms with Gasteiger partial charge in [-0.3, -0.25) is 13.9 Å². The lowest BCUT2D eigenvalue weighted by Crippen LogP contribution is -2.52. The Kier molecular flexibility index (Phi) is 12.7. The van der Waals surface area contributed by atoms with Crippen molar-refractivity contribution < 1.29 is 22.7 Å². The Morgan fingerprint density at radius 3 is 2.28 bits per heavy atom. The third kappa shape index (κ3) is 8.87. The Hall–Kier alpha value is -3.27. The second kappa shape index (κ2) is 16.0. The largest absolute Gasteiger partial charge is 0.492 e. The summed E-state index contributed by atoms with van der Waals surface area (Å²) in [6.45, 7) is 7.69. The smallest absolute Gasteiger partial charge is 0.264 e. The lowest BCUT2D eigenvalue weighted by molar-refractivity contribution is -0.140. The van der Waals surface area contributed by atoms with Gasteiger partial charge in [-0.05, 0) is 68.7 Å². The third-order valence-electron chi connectivity index (χ3n) is 6.87. The average molecular weight is 649 g/mol. The van der Waals surface area contributed by atoms with E-state index in [1.807, 2.05) is 20.8 Å². The van der Waals surface area contributed by atoms with Gasteiger partial charge in [0.25, 0.3) is 10.0 Å². The molecule has 0 aliphatic heterocycles. The maximum Gasteiger partial charge on any atom is 0.264 e. The van der Waals surface area contributed by atoms with Gasteiger partial charge in [-0.15, -0.1) is 0 Å². The Bertz CT molecular complexity index is 1500. The minimum atomic E-state index is -4.23. The first-order chi connectivity index (χ1) is 20.5. The van der Waals surface area contributed by atoms with Gasteiger partial charge in [0, 0.05) is 13.1 Å². The molecule has 0 heterocycles. The molecule has 0 saturated heterocycles. The van der Waals surface area contributed by atoms with E-state index in [0.717, 1.165) is 22.7 Å². The van der Waals surface area contributed by atoms with Gasteiger partial charge in [0.15, 0.2) is 0 Å². The van der Waals surface area contributed by atoms with Crippen LogP contribution in [-0.4, -0.2) is 50.9 Å². The van der Waals surface area contributed by atoms with Gasteiger partial charge in [-0.2, -0.15) is 0 Å². The van der Waals surface area contributed by atoms with Crippen molar-refractivity contribution in [2.24, 2.45) is 0 Å². The normalized spacial score (nSPS) is 12.0. The topological polar surface area (TPSA) is 96.0 Å². The van der Waals surface area contributed by atoms with Crippen molar-refractivity contribution in [2.75, 3.05) is 24.0 Å². The fourth-order valence-corrected chi connectivity index (χ4v) is 6.30. The Morgan fingerprint density at radius 2 is 1.65 bits per heavy atom. The number of nitrogens with zero attached hydrogens (tertiary/aromatic N) is 2. The summed E-state index contributed by atoms with van der Waals surface area (Å²) in [7, 11) is -4.23. The van der Waals surface area contributed by atoms with Crippen LogP contribution in [0, 0.1) is 6.92 Å². The number of nitrogens with one attached hydrogen (secondary N) is 1. The molecule has 0 aromatic heterocycles. The molecule has 0 aliphatic rings. The van der Waals surface area contributed by atoms with Crippen LogP contribution in [0.4, 0.5) is 5.69 Å². The molecule has 232 valence electrons. The van der Waals surface area contributed by atoms with E-state index >= 15 is 0 Å². The lowest BCUT2D eigenvalue weighted by atomic mass is 10.1. The number of anilines is 1. The second-order valence-corrected chi connectivity index (χ2v) is 12.7. The summed E-state index contributed by atoms with van der Waals surface area (Å²) in [5, 5.41) is 3.58. The first kappa shape index (κ1) is 34.2. The van der Waals surface area contributed by atoms with Crippen molar-refractivity contribution in [1.29, 1.82) is 0 Å². The second-order valence-electron chi connectivity index (χ2n) is 10.1. The number of para-hydroxylation sites is 2. The minimum absolute atomic E-state index is 0.0148. The number of hydrogen-bond acceptors (Lipinski definition) is 5. The molecule has 0 radical (unpaired) electrons. The number of halogens is 2. The van der Waals surface area contributed by atoms with E-state index in [4.69, 9.17) is 27.9 Å². The summed E-state index contributed by atoms with van der Waals surface area (Å²) in [5.41, 5.74) is 1.75. The highest BCUT2D eigenvalue weighted by atomic mass is 35.5. The molecule has 2 amide bonds. The molecule has 0 spiro atoms. The molecule has 11 heteroatoms. The lowest BCUT2D eigenvalue weighted by Gasteiger charge is -2.33. The van der Waals surface area contributed by atoms with Gasteiger partial charge < -0.3 is 15.0 Å². The summed E-state index contributed by atoms with van der Waals surface area (Å²) in [5.74, 6) is -0.563. The van der Waals surface area contributed by atoms with Crippen molar-refractivity contribution in [3.8, 4) is 5.75 Å². The molecule has 0 bridgehead atoms. The van der Waals surface area contributed by atoms with Crippen molar-refractivity contribution in [2.45, 2.75) is 64.4 Å². The number of hydrogen-bond donors (Lipinski definition) is 1. The predicted octanol–water partition coefficient (Wildman–Crippen LogP) is 6.62. The molecule has 1 atom stereocenters. The van der Waals surface area contributed by atoms with E-state index < -0.39 is 28.5 Å².